The van der Waals surface area contributed by atoms with Crippen LogP contribution in [0.25, 0.3) is 0 Å². The summed E-state index contributed by atoms with van der Waals surface area (Å²) in [6, 6.07) is 8.04. The Morgan fingerprint density at radius 3 is 2.64 bits per heavy atom. The predicted molar refractivity (Wildman–Crippen MR) is 57.5 cm³/mol. The van der Waals surface area contributed by atoms with Crippen LogP contribution in [0, 0.1) is 0 Å². The van der Waals surface area contributed by atoms with Gasteiger partial charge in [-0.25, -0.2) is 0 Å². The van der Waals surface area contributed by atoms with Crippen LogP contribution in [-0.2, 0) is 10.2 Å². The van der Waals surface area contributed by atoms with E-state index in [1.165, 1.54) is 0 Å². The van der Waals surface area contributed by atoms with Crippen LogP contribution in [-0.4, -0.2) is 13.0 Å². The van der Waals surface area contributed by atoms with Gasteiger partial charge in [0.2, 0.25) is 5.91 Å². The first kappa shape index (κ1) is 9.25. The van der Waals surface area contributed by atoms with Crippen molar-refractivity contribution in [3.05, 3.63) is 29.8 Å². The Morgan fingerprint density at radius 1 is 1.36 bits per heavy atom. The minimum Gasteiger partial charge on any atom is -0.314 e. The highest BCUT2D eigenvalue weighted by Crippen LogP contribution is 2.42. The van der Waals surface area contributed by atoms with Crippen LogP contribution in [0.4, 0.5) is 5.69 Å². The number of amides is 1. The van der Waals surface area contributed by atoms with E-state index in [4.69, 9.17) is 0 Å². The summed E-state index contributed by atoms with van der Waals surface area (Å²) < 4.78 is 0. The van der Waals surface area contributed by atoms with Gasteiger partial charge in [0.15, 0.2) is 0 Å². The maximum Gasteiger partial charge on any atom is 0.237 e. The van der Waals surface area contributed by atoms with Gasteiger partial charge in [-0.2, -0.15) is 0 Å². The number of para-hydroxylation sites is 1. The van der Waals surface area contributed by atoms with Crippen LogP contribution in [0.1, 0.15) is 25.8 Å². The molecule has 2 rings (SSSR count). The van der Waals surface area contributed by atoms with Crippen molar-refractivity contribution in [2.24, 2.45) is 0 Å². The molecule has 1 amide bonds. The highest BCUT2D eigenvalue weighted by atomic mass is 16.2. The van der Waals surface area contributed by atoms with Gasteiger partial charge in [0.1, 0.15) is 0 Å². The van der Waals surface area contributed by atoms with E-state index in [0.29, 0.717) is 0 Å². The molecule has 1 atom stereocenters. The van der Waals surface area contributed by atoms with Crippen molar-refractivity contribution < 1.29 is 4.79 Å². The maximum absolute atomic E-state index is 12.0. The molecule has 14 heavy (non-hydrogen) atoms. The number of carbonyl (C=O) groups is 1. The minimum absolute atomic E-state index is 0.209. The number of rotatable bonds is 1. The lowest BCUT2D eigenvalue weighted by Gasteiger charge is -2.20. The van der Waals surface area contributed by atoms with E-state index in [1.54, 1.807) is 4.90 Å². The number of hydrogen-bond donors (Lipinski definition) is 0. The number of hydrogen-bond acceptors (Lipinski definition) is 1. The molecule has 0 saturated heterocycles. The van der Waals surface area contributed by atoms with Crippen molar-refractivity contribution in [1.82, 2.24) is 0 Å². The Kier molecular flexibility index (Phi) is 1.88. The molecule has 0 aromatic heterocycles. The minimum atomic E-state index is -0.314. The molecule has 0 spiro atoms. The molecule has 0 aliphatic carbocycles. The second-order valence-electron chi connectivity index (χ2n) is 4.07. The first-order valence-electron chi connectivity index (χ1n) is 4.99. The smallest absolute Gasteiger partial charge is 0.237 e. The van der Waals surface area contributed by atoms with Gasteiger partial charge in [0.25, 0.3) is 0 Å². The lowest BCUT2D eigenvalue weighted by atomic mass is 9.81. The van der Waals surface area contributed by atoms with Crippen LogP contribution in [0.2, 0.25) is 0 Å². The van der Waals surface area contributed by atoms with Crippen LogP contribution < -0.4 is 4.90 Å². The summed E-state index contributed by atoms with van der Waals surface area (Å²) in [5.74, 6) is 0.209. The molecule has 1 heterocycles. The second-order valence-corrected chi connectivity index (χ2v) is 4.07. The van der Waals surface area contributed by atoms with Gasteiger partial charge in [-0.05, 0) is 25.0 Å². The van der Waals surface area contributed by atoms with E-state index >= 15 is 0 Å². The summed E-state index contributed by atoms with van der Waals surface area (Å²) in [6.07, 6.45) is 0.854. The van der Waals surface area contributed by atoms with Crippen molar-refractivity contribution >= 4 is 11.6 Å². The summed E-state index contributed by atoms with van der Waals surface area (Å²) >= 11 is 0. The van der Waals surface area contributed by atoms with Crippen LogP contribution in [0.3, 0.4) is 0 Å². The van der Waals surface area contributed by atoms with E-state index in [1.807, 2.05) is 32.2 Å². The Balaban J connectivity index is 2.65. The molecule has 1 unspecified atom stereocenters. The molecule has 1 aliphatic heterocycles. The topological polar surface area (TPSA) is 20.3 Å². The number of benzene rings is 1. The lowest BCUT2D eigenvalue weighted by molar-refractivity contribution is -0.122. The first-order valence-corrected chi connectivity index (χ1v) is 4.99. The Hall–Kier alpha value is -1.31. The van der Waals surface area contributed by atoms with Crippen LogP contribution >= 0.6 is 0 Å². The van der Waals surface area contributed by atoms with Crippen molar-refractivity contribution in [3.8, 4) is 0 Å². The fourth-order valence-electron chi connectivity index (χ4n) is 2.17. The highest BCUT2D eigenvalue weighted by molar-refractivity contribution is 6.07. The van der Waals surface area contributed by atoms with Gasteiger partial charge in [-0.1, -0.05) is 25.1 Å². The number of nitrogens with zero attached hydrogens (tertiary/aromatic N) is 1. The molecule has 1 aromatic carbocycles. The van der Waals surface area contributed by atoms with Gasteiger partial charge in [-0.15, -0.1) is 0 Å². The number of anilines is 1. The van der Waals surface area contributed by atoms with Crippen molar-refractivity contribution in [2.75, 3.05) is 11.9 Å². The van der Waals surface area contributed by atoms with Gasteiger partial charge in [0.05, 0.1) is 5.41 Å². The molecule has 74 valence electrons. The fourth-order valence-corrected chi connectivity index (χ4v) is 2.17. The predicted octanol–water partition coefficient (Wildman–Crippen LogP) is 2.33. The zero-order chi connectivity index (χ0) is 10.3. The maximum atomic E-state index is 12.0. The Morgan fingerprint density at radius 2 is 2.00 bits per heavy atom. The van der Waals surface area contributed by atoms with E-state index in [2.05, 4.69) is 13.0 Å². The van der Waals surface area contributed by atoms with E-state index < -0.39 is 0 Å². The highest BCUT2D eigenvalue weighted by Gasteiger charge is 2.44. The molecule has 0 bridgehead atoms. The van der Waals surface area contributed by atoms with Gasteiger partial charge in [0, 0.05) is 12.7 Å². The van der Waals surface area contributed by atoms with Gasteiger partial charge >= 0.3 is 0 Å². The fraction of sp³-hybridized carbons (Fsp3) is 0.417. The molecule has 0 saturated carbocycles. The standard InChI is InChI=1S/C12H15NO/c1-4-12(2)9-7-5-6-8-10(9)13(3)11(12)14/h5-8H,4H2,1-3H3. The molecule has 0 radical (unpaired) electrons. The second kappa shape index (κ2) is 2.84. The van der Waals surface area contributed by atoms with E-state index in [9.17, 15) is 4.79 Å². The summed E-state index contributed by atoms with van der Waals surface area (Å²) in [4.78, 5) is 13.8. The Bertz CT molecular complexity index is 386. The van der Waals surface area contributed by atoms with Crippen molar-refractivity contribution in [3.63, 3.8) is 0 Å². The lowest BCUT2D eigenvalue weighted by Crippen LogP contribution is -2.35. The third-order valence-electron chi connectivity index (χ3n) is 3.34. The molecular formula is C12H15NO. The summed E-state index contributed by atoms with van der Waals surface area (Å²) in [7, 11) is 1.85. The summed E-state index contributed by atoms with van der Waals surface area (Å²) in [6.45, 7) is 4.09. The SMILES string of the molecule is CCC1(C)C(=O)N(C)c2ccccc21. The third kappa shape index (κ3) is 0.939. The van der Waals surface area contributed by atoms with Gasteiger partial charge < -0.3 is 4.90 Å². The Labute approximate surface area is 84.5 Å². The molecule has 1 aromatic rings. The monoisotopic (exact) mass is 189 g/mol. The third-order valence-corrected chi connectivity index (χ3v) is 3.34. The van der Waals surface area contributed by atoms with Crippen LogP contribution in [0.5, 0.6) is 0 Å². The normalized spacial score (nSPS) is 25.4. The van der Waals surface area contributed by atoms with Crippen molar-refractivity contribution in [2.45, 2.75) is 25.7 Å². The van der Waals surface area contributed by atoms with E-state index in [-0.39, 0.29) is 11.3 Å². The number of likely N-dealkylation sites (N-methyl/N-ethyl adjacent to an activating group) is 1. The van der Waals surface area contributed by atoms with E-state index in [0.717, 1.165) is 17.7 Å². The molecule has 1 aliphatic rings. The number of carbonyl (C=O) groups excluding carboxylic acids is 1. The van der Waals surface area contributed by atoms with Crippen LogP contribution in [0.15, 0.2) is 24.3 Å². The zero-order valence-electron chi connectivity index (χ0n) is 8.87. The van der Waals surface area contributed by atoms with Gasteiger partial charge in [-0.3, -0.25) is 4.79 Å². The quantitative estimate of drug-likeness (QED) is 0.664. The molecule has 2 nitrogen and oxygen atoms in total. The summed E-state index contributed by atoms with van der Waals surface area (Å²) in [5, 5.41) is 0. The average Bonchev–Trinajstić information content (AvgIpc) is 2.43. The molecular weight excluding hydrogens is 174 g/mol. The molecule has 0 fully saturated rings. The summed E-state index contributed by atoms with van der Waals surface area (Å²) in [5.41, 5.74) is 1.91. The first-order chi connectivity index (χ1) is 6.61. The zero-order valence-corrected chi connectivity index (χ0v) is 8.87. The van der Waals surface area contributed by atoms with Crippen molar-refractivity contribution in [1.29, 1.82) is 0 Å². The average molecular weight is 189 g/mol. The molecule has 0 N–H and O–H groups in total. The molecule has 2 heteroatoms. The number of fused-ring (bicyclic) bond motifs is 1. The largest absolute Gasteiger partial charge is 0.314 e.